The molecule has 0 radical (unpaired) electrons. The Balaban J connectivity index is 1.49. The molecule has 1 saturated heterocycles. The normalized spacial score (nSPS) is 18.3. The molecule has 1 aliphatic carbocycles. The van der Waals surface area contributed by atoms with Crippen molar-refractivity contribution in [1.82, 2.24) is 30.4 Å². The Bertz CT molecular complexity index is 768. The van der Waals surface area contributed by atoms with Gasteiger partial charge in [-0.1, -0.05) is 0 Å². The molecule has 4 rings (SSSR count). The Morgan fingerprint density at radius 2 is 2.12 bits per heavy atom. The number of anilines is 1. The fraction of sp³-hybridized carbons (Fsp3) is 0.500. The van der Waals surface area contributed by atoms with Crippen molar-refractivity contribution < 1.29 is 9.18 Å². The molecule has 2 aliphatic rings. The van der Waals surface area contributed by atoms with E-state index in [1.54, 1.807) is 16.8 Å². The van der Waals surface area contributed by atoms with Crippen molar-refractivity contribution in [2.45, 2.75) is 18.8 Å². The Morgan fingerprint density at radius 3 is 2.88 bits per heavy atom. The topological polar surface area (TPSA) is 88.0 Å². The summed E-state index contributed by atoms with van der Waals surface area (Å²) in [6, 6.07) is 4.52. The Hall–Kier alpha value is -2.39. The molecule has 1 aliphatic heterocycles. The zero-order valence-electron chi connectivity index (χ0n) is 13.8. The largest absolute Gasteiger partial charge is 0.322 e. The third-order valence-electron chi connectivity index (χ3n) is 4.48. The highest BCUT2D eigenvalue weighted by molar-refractivity contribution is 5.92. The lowest BCUT2D eigenvalue weighted by atomic mass is 10.2. The maximum absolute atomic E-state index is 14.1. The van der Waals surface area contributed by atoms with Crippen molar-refractivity contribution in [3.63, 3.8) is 0 Å². The van der Waals surface area contributed by atoms with Crippen LogP contribution in [0.25, 0.3) is 5.69 Å². The van der Waals surface area contributed by atoms with Gasteiger partial charge in [-0.05, 0) is 41.5 Å². The summed E-state index contributed by atoms with van der Waals surface area (Å²) in [6.07, 6.45) is 2.13. The highest BCUT2D eigenvalue weighted by Crippen LogP contribution is 2.39. The molecule has 0 unspecified atom stereocenters. The zero-order valence-corrected chi connectivity index (χ0v) is 13.8. The van der Waals surface area contributed by atoms with Crippen LogP contribution >= 0.6 is 0 Å². The van der Waals surface area contributed by atoms with Crippen LogP contribution in [0.1, 0.15) is 24.6 Å². The average Bonchev–Trinajstić information content (AvgIpc) is 3.34. The van der Waals surface area contributed by atoms with Gasteiger partial charge < -0.3 is 10.6 Å². The van der Waals surface area contributed by atoms with Crippen molar-refractivity contribution in [1.29, 1.82) is 0 Å². The number of halogens is 1. The molecule has 1 aromatic carbocycles. The van der Waals surface area contributed by atoms with Gasteiger partial charge in [0.25, 0.3) is 0 Å². The molecule has 9 heteroatoms. The minimum Gasteiger partial charge on any atom is -0.322 e. The second-order valence-electron chi connectivity index (χ2n) is 6.46. The van der Waals surface area contributed by atoms with E-state index in [1.165, 1.54) is 6.07 Å². The molecule has 2 aromatic rings. The molecule has 1 amide bonds. The highest BCUT2D eigenvalue weighted by Gasteiger charge is 2.30. The SMILES string of the molecule is O=C(CN1CCNCC1)Nc1cc(-n2nnnc2C2CC2)ccc1F. The molecule has 132 valence electrons. The third-order valence-corrected chi connectivity index (χ3v) is 4.48. The fourth-order valence-corrected chi connectivity index (χ4v) is 2.98. The molecular weight excluding hydrogens is 325 g/mol. The number of nitrogens with one attached hydrogen (secondary N) is 2. The van der Waals surface area contributed by atoms with Gasteiger partial charge in [0.2, 0.25) is 5.91 Å². The van der Waals surface area contributed by atoms with Crippen molar-refractivity contribution in [2.75, 3.05) is 38.0 Å². The first-order valence-electron chi connectivity index (χ1n) is 8.52. The summed E-state index contributed by atoms with van der Waals surface area (Å²) in [5.41, 5.74) is 0.792. The molecule has 2 fully saturated rings. The number of amides is 1. The number of aromatic nitrogens is 4. The van der Waals surface area contributed by atoms with E-state index in [-0.39, 0.29) is 18.1 Å². The number of benzene rings is 1. The minimum absolute atomic E-state index is 0.148. The van der Waals surface area contributed by atoms with Crippen molar-refractivity contribution in [3.05, 3.63) is 29.8 Å². The average molecular weight is 345 g/mol. The standard InChI is InChI=1S/C16H20FN7O/c17-13-4-3-12(24-16(11-1-2-11)20-21-22-24)9-14(13)19-15(25)10-23-7-5-18-6-8-23/h3-4,9,11,18H,1-2,5-8,10H2,(H,19,25). The highest BCUT2D eigenvalue weighted by atomic mass is 19.1. The molecule has 25 heavy (non-hydrogen) atoms. The van der Waals surface area contributed by atoms with Crippen LogP contribution in [0.3, 0.4) is 0 Å². The number of nitrogens with zero attached hydrogens (tertiary/aromatic N) is 5. The summed E-state index contributed by atoms with van der Waals surface area (Å²) >= 11 is 0. The molecular formula is C16H20FN7O. The summed E-state index contributed by atoms with van der Waals surface area (Å²) in [7, 11) is 0. The number of hydrogen-bond donors (Lipinski definition) is 2. The lowest BCUT2D eigenvalue weighted by Gasteiger charge is -2.26. The van der Waals surface area contributed by atoms with Crippen molar-refractivity contribution >= 4 is 11.6 Å². The summed E-state index contributed by atoms with van der Waals surface area (Å²) < 4.78 is 15.7. The van der Waals surface area contributed by atoms with Crippen LogP contribution in [0.5, 0.6) is 0 Å². The molecule has 0 bridgehead atoms. The number of piperazine rings is 1. The number of tetrazole rings is 1. The zero-order chi connectivity index (χ0) is 17.2. The minimum atomic E-state index is -0.474. The maximum atomic E-state index is 14.1. The van der Waals surface area contributed by atoms with Gasteiger partial charge >= 0.3 is 0 Å². The molecule has 2 heterocycles. The number of hydrogen-bond acceptors (Lipinski definition) is 6. The van der Waals surface area contributed by atoms with Gasteiger partial charge in [-0.3, -0.25) is 9.69 Å². The lowest BCUT2D eigenvalue weighted by Crippen LogP contribution is -2.46. The van der Waals surface area contributed by atoms with E-state index in [2.05, 4.69) is 26.2 Å². The van der Waals surface area contributed by atoms with Gasteiger partial charge in [0, 0.05) is 32.1 Å². The van der Waals surface area contributed by atoms with E-state index in [0.717, 1.165) is 44.8 Å². The number of rotatable bonds is 5. The van der Waals surface area contributed by atoms with Gasteiger partial charge in [0.05, 0.1) is 17.9 Å². The van der Waals surface area contributed by atoms with Gasteiger partial charge in [-0.25, -0.2) is 4.39 Å². The van der Waals surface area contributed by atoms with Gasteiger partial charge in [-0.15, -0.1) is 5.10 Å². The van der Waals surface area contributed by atoms with E-state index in [9.17, 15) is 9.18 Å². The van der Waals surface area contributed by atoms with Crippen LogP contribution in [0, 0.1) is 5.82 Å². The first-order chi connectivity index (χ1) is 12.2. The van der Waals surface area contributed by atoms with Gasteiger partial charge in [-0.2, -0.15) is 4.68 Å². The second kappa shape index (κ2) is 6.85. The predicted octanol–water partition coefficient (Wildman–Crippen LogP) is 0.522. The van der Waals surface area contributed by atoms with Crippen molar-refractivity contribution in [2.24, 2.45) is 0 Å². The first-order valence-corrected chi connectivity index (χ1v) is 8.52. The predicted molar refractivity (Wildman–Crippen MR) is 89.0 cm³/mol. The summed E-state index contributed by atoms with van der Waals surface area (Å²) in [4.78, 5) is 14.3. The van der Waals surface area contributed by atoms with Crippen molar-refractivity contribution in [3.8, 4) is 5.69 Å². The second-order valence-corrected chi connectivity index (χ2v) is 6.46. The molecule has 0 spiro atoms. The first kappa shape index (κ1) is 16.1. The molecule has 8 nitrogen and oxygen atoms in total. The summed E-state index contributed by atoms with van der Waals surface area (Å²) in [6.45, 7) is 3.60. The smallest absolute Gasteiger partial charge is 0.238 e. The van der Waals surface area contributed by atoms with Crippen LogP contribution in [0.4, 0.5) is 10.1 Å². The van der Waals surface area contributed by atoms with E-state index < -0.39 is 5.82 Å². The van der Waals surface area contributed by atoms with E-state index in [4.69, 9.17) is 0 Å². The molecule has 1 aromatic heterocycles. The lowest BCUT2D eigenvalue weighted by molar-refractivity contribution is -0.117. The fourth-order valence-electron chi connectivity index (χ4n) is 2.98. The molecule has 0 atom stereocenters. The van der Waals surface area contributed by atoms with Crippen LogP contribution in [0.2, 0.25) is 0 Å². The van der Waals surface area contributed by atoms with Crippen LogP contribution < -0.4 is 10.6 Å². The van der Waals surface area contributed by atoms with E-state index >= 15 is 0 Å². The number of carbonyl (C=O) groups is 1. The molecule has 2 N–H and O–H groups in total. The monoisotopic (exact) mass is 345 g/mol. The van der Waals surface area contributed by atoms with E-state index in [0.29, 0.717) is 11.6 Å². The summed E-state index contributed by atoms with van der Waals surface area (Å²) in [5.74, 6) is 0.450. The summed E-state index contributed by atoms with van der Waals surface area (Å²) in [5, 5.41) is 17.7. The Kier molecular flexibility index (Phi) is 4.41. The third kappa shape index (κ3) is 3.67. The van der Waals surface area contributed by atoms with Crippen LogP contribution in [-0.4, -0.2) is 63.7 Å². The maximum Gasteiger partial charge on any atom is 0.238 e. The van der Waals surface area contributed by atoms with E-state index in [1.807, 2.05) is 4.90 Å². The van der Waals surface area contributed by atoms with Crippen LogP contribution in [0.15, 0.2) is 18.2 Å². The van der Waals surface area contributed by atoms with Crippen LogP contribution in [-0.2, 0) is 4.79 Å². The van der Waals surface area contributed by atoms with Gasteiger partial charge in [0.15, 0.2) is 5.82 Å². The van der Waals surface area contributed by atoms with Gasteiger partial charge in [0.1, 0.15) is 5.82 Å². The Labute approximate surface area is 144 Å². The molecule has 1 saturated carbocycles. The quantitative estimate of drug-likeness (QED) is 0.822. The Morgan fingerprint density at radius 1 is 1.32 bits per heavy atom. The number of carbonyl (C=O) groups excluding carboxylic acids is 1.